The molecule has 2 rings (SSSR count). The second-order valence-corrected chi connectivity index (χ2v) is 3.98. The van der Waals surface area contributed by atoms with Gasteiger partial charge in [-0.2, -0.15) is 0 Å². The molecule has 2 N–H and O–H groups in total. The normalized spacial score (nSPS) is 42.2. The number of rotatable bonds is 2. The number of hydrogen-bond acceptors (Lipinski definition) is 3. The lowest BCUT2D eigenvalue weighted by Gasteiger charge is -2.14. The van der Waals surface area contributed by atoms with Crippen molar-refractivity contribution in [2.24, 2.45) is 5.92 Å². The molecule has 0 aromatic heterocycles. The highest BCUT2D eigenvalue weighted by Gasteiger charge is 2.25. The topological polar surface area (TPSA) is 33.3 Å². The van der Waals surface area contributed by atoms with Crippen molar-refractivity contribution in [2.45, 2.75) is 32.0 Å². The van der Waals surface area contributed by atoms with Gasteiger partial charge in [0.1, 0.15) is 6.23 Å². The molecule has 2 fully saturated rings. The van der Waals surface area contributed by atoms with Crippen molar-refractivity contribution < 1.29 is 4.74 Å². The summed E-state index contributed by atoms with van der Waals surface area (Å²) in [6.45, 7) is 5.42. The summed E-state index contributed by atoms with van der Waals surface area (Å²) >= 11 is 0. The van der Waals surface area contributed by atoms with Crippen molar-refractivity contribution in [1.82, 2.24) is 10.6 Å². The lowest BCUT2D eigenvalue weighted by molar-refractivity contribution is 0.0812. The van der Waals surface area contributed by atoms with Crippen LogP contribution in [0.4, 0.5) is 0 Å². The molecule has 0 aromatic carbocycles. The molecule has 3 unspecified atom stereocenters. The first-order valence-corrected chi connectivity index (χ1v) is 4.93. The lowest BCUT2D eigenvalue weighted by atomic mass is 10.0. The standard InChI is InChI=1S/C9H18N2O/c1-7-6-12-9(11-7)4-8-2-3-10-5-8/h7-11H,2-6H2,1H3. The Morgan fingerprint density at radius 3 is 3.00 bits per heavy atom. The predicted molar refractivity (Wildman–Crippen MR) is 47.9 cm³/mol. The van der Waals surface area contributed by atoms with Gasteiger partial charge in [-0.15, -0.1) is 0 Å². The van der Waals surface area contributed by atoms with Crippen molar-refractivity contribution in [3.05, 3.63) is 0 Å². The summed E-state index contributed by atoms with van der Waals surface area (Å²) in [5.41, 5.74) is 0. The van der Waals surface area contributed by atoms with Crippen LogP contribution in [0.15, 0.2) is 0 Å². The molecule has 2 aliphatic heterocycles. The van der Waals surface area contributed by atoms with Gasteiger partial charge in [-0.25, -0.2) is 0 Å². The first-order valence-electron chi connectivity index (χ1n) is 4.93. The molecule has 70 valence electrons. The van der Waals surface area contributed by atoms with Gasteiger partial charge >= 0.3 is 0 Å². The molecule has 12 heavy (non-hydrogen) atoms. The molecule has 2 heterocycles. The van der Waals surface area contributed by atoms with Crippen LogP contribution >= 0.6 is 0 Å². The van der Waals surface area contributed by atoms with Crippen LogP contribution in [0.2, 0.25) is 0 Å². The summed E-state index contributed by atoms with van der Waals surface area (Å²) in [6.07, 6.45) is 2.82. The van der Waals surface area contributed by atoms with E-state index in [1.807, 2.05) is 0 Å². The Hall–Kier alpha value is -0.120. The van der Waals surface area contributed by atoms with Crippen molar-refractivity contribution in [2.75, 3.05) is 19.7 Å². The van der Waals surface area contributed by atoms with E-state index in [0.717, 1.165) is 12.5 Å². The minimum atomic E-state index is 0.324. The van der Waals surface area contributed by atoms with E-state index < -0.39 is 0 Å². The zero-order chi connectivity index (χ0) is 8.39. The van der Waals surface area contributed by atoms with Crippen LogP contribution in [-0.4, -0.2) is 32.0 Å². The number of hydrogen-bond donors (Lipinski definition) is 2. The fourth-order valence-electron chi connectivity index (χ4n) is 2.03. The second kappa shape index (κ2) is 3.73. The first-order chi connectivity index (χ1) is 5.84. The van der Waals surface area contributed by atoms with Gasteiger partial charge in [-0.3, -0.25) is 5.32 Å². The Balaban J connectivity index is 1.72. The average Bonchev–Trinajstić information content (AvgIpc) is 2.63. The van der Waals surface area contributed by atoms with E-state index in [0.29, 0.717) is 12.3 Å². The molecule has 0 aromatic rings. The maximum atomic E-state index is 5.59. The van der Waals surface area contributed by atoms with Gasteiger partial charge in [-0.1, -0.05) is 0 Å². The largest absolute Gasteiger partial charge is 0.362 e. The molecule has 3 atom stereocenters. The monoisotopic (exact) mass is 170 g/mol. The van der Waals surface area contributed by atoms with Crippen LogP contribution in [0.5, 0.6) is 0 Å². The third-order valence-corrected chi connectivity index (χ3v) is 2.73. The molecule has 3 heteroatoms. The minimum Gasteiger partial charge on any atom is -0.362 e. The molecule has 3 nitrogen and oxygen atoms in total. The summed E-state index contributed by atoms with van der Waals surface area (Å²) in [6, 6.07) is 0.546. The van der Waals surface area contributed by atoms with Gasteiger partial charge in [0.25, 0.3) is 0 Å². The highest BCUT2D eigenvalue weighted by atomic mass is 16.5. The third-order valence-electron chi connectivity index (χ3n) is 2.73. The van der Waals surface area contributed by atoms with Crippen LogP contribution < -0.4 is 10.6 Å². The summed E-state index contributed by atoms with van der Waals surface area (Å²) in [5, 5.41) is 6.80. The van der Waals surface area contributed by atoms with Gasteiger partial charge in [0.05, 0.1) is 6.61 Å². The Morgan fingerprint density at radius 1 is 1.50 bits per heavy atom. The Kier molecular flexibility index (Phi) is 2.63. The van der Waals surface area contributed by atoms with E-state index in [1.165, 1.54) is 25.9 Å². The molecule has 0 spiro atoms. The van der Waals surface area contributed by atoms with E-state index in [-0.39, 0.29) is 0 Å². The Bertz CT molecular complexity index is 145. The second-order valence-electron chi connectivity index (χ2n) is 3.98. The quantitative estimate of drug-likeness (QED) is 0.626. The minimum absolute atomic E-state index is 0.324. The Morgan fingerprint density at radius 2 is 2.42 bits per heavy atom. The summed E-state index contributed by atoms with van der Waals surface area (Å²) in [5.74, 6) is 0.827. The molecule has 0 radical (unpaired) electrons. The Labute approximate surface area is 73.9 Å². The maximum Gasteiger partial charge on any atom is 0.108 e. The van der Waals surface area contributed by atoms with Crippen molar-refractivity contribution in [3.8, 4) is 0 Å². The molecule has 2 aliphatic rings. The third kappa shape index (κ3) is 1.97. The van der Waals surface area contributed by atoms with Crippen LogP contribution in [-0.2, 0) is 4.74 Å². The fraction of sp³-hybridized carbons (Fsp3) is 1.00. The molecular weight excluding hydrogens is 152 g/mol. The molecule has 2 saturated heterocycles. The molecule has 0 amide bonds. The van der Waals surface area contributed by atoms with Gasteiger partial charge in [-0.05, 0) is 38.8 Å². The highest BCUT2D eigenvalue weighted by molar-refractivity contribution is 4.78. The van der Waals surface area contributed by atoms with Gasteiger partial charge in [0.2, 0.25) is 0 Å². The highest BCUT2D eigenvalue weighted by Crippen LogP contribution is 2.17. The van der Waals surface area contributed by atoms with Crippen molar-refractivity contribution in [3.63, 3.8) is 0 Å². The summed E-state index contributed by atoms with van der Waals surface area (Å²) in [7, 11) is 0. The maximum absolute atomic E-state index is 5.59. The van der Waals surface area contributed by atoms with E-state index >= 15 is 0 Å². The number of nitrogens with one attached hydrogen (secondary N) is 2. The summed E-state index contributed by atoms with van der Waals surface area (Å²) < 4.78 is 5.59. The fourth-order valence-corrected chi connectivity index (χ4v) is 2.03. The van der Waals surface area contributed by atoms with Gasteiger partial charge in [0.15, 0.2) is 0 Å². The van der Waals surface area contributed by atoms with Gasteiger partial charge < -0.3 is 10.1 Å². The van der Waals surface area contributed by atoms with Crippen molar-refractivity contribution >= 4 is 0 Å². The van der Waals surface area contributed by atoms with Crippen LogP contribution in [0, 0.1) is 5.92 Å². The van der Waals surface area contributed by atoms with Crippen molar-refractivity contribution in [1.29, 1.82) is 0 Å². The van der Waals surface area contributed by atoms with Crippen LogP contribution in [0.25, 0.3) is 0 Å². The number of ether oxygens (including phenoxy) is 1. The molecular formula is C9H18N2O. The molecule has 0 aliphatic carbocycles. The molecule has 0 bridgehead atoms. The van der Waals surface area contributed by atoms with E-state index in [9.17, 15) is 0 Å². The van der Waals surface area contributed by atoms with E-state index in [2.05, 4.69) is 17.6 Å². The van der Waals surface area contributed by atoms with E-state index in [1.54, 1.807) is 0 Å². The zero-order valence-electron chi connectivity index (χ0n) is 7.68. The zero-order valence-corrected chi connectivity index (χ0v) is 7.68. The first kappa shape index (κ1) is 8.48. The lowest BCUT2D eigenvalue weighted by Crippen LogP contribution is -2.30. The van der Waals surface area contributed by atoms with E-state index in [4.69, 9.17) is 4.74 Å². The summed E-state index contributed by atoms with van der Waals surface area (Å²) in [4.78, 5) is 0. The predicted octanol–water partition coefficient (Wildman–Crippen LogP) is 0.320. The molecule has 0 saturated carbocycles. The van der Waals surface area contributed by atoms with Crippen LogP contribution in [0.1, 0.15) is 19.8 Å². The average molecular weight is 170 g/mol. The van der Waals surface area contributed by atoms with Crippen LogP contribution in [0.3, 0.4) is 0 Å². The SMILES string of the molecule is CC1COC(CC2CCNC2)N1. The smallest absolute Gasteiger partial charge is 0.108 e. The van der Waals surface area contributed by atoms with Gasteiger partial charge in [0, 0.05) is 6.04 Å².